The average Bonchev–Trinajstić information content (AvgIpc) is 2.71. The fourth-order valence-electron chi connectivity index (χ4n) is 1.65. The Bertz CT molecular complexity index is 548. The van der Waals surface area contributed by atoms with Gasteiger partial charge in [-0.3, -0.25) is 14.6 Å². The second-order valence-corrected chi connectivity index (χ2v) is 5.54. The van der Waals surface area contributed by atoms with Gasteiger partial charge in [-0.2, -0.15) is 0 Å². The van der Waals surface area contributed by atoms with E-state index in [1.165, 1.54) is 6.08 Å². The number of carboxylic acids is 2. The molecule has 0 saturated heterocycles. The van der Waals surface area contributed by atoms with Crippen molar-refractivity contribution in [3.05, 3.63) is 25.3 Å². The average molecular weight is 469 g/mol. The molecular weight excluding hydrogens is 436 g/mol. The number of carbonyl (C=O) groups excluding carboxylic acids is 2. The van der Waals surface area contributed by atoms with E-state index in [-0.39, 0.29) is 62.6 Å². The van der Waals surface area contributed by atoms with Gasteiger partial charge in [-0.05, 0) is 12.0 Å². The topological polar surface area (TPSA) is 190 Å². The number of hydrogen-bond acceptors (Lipinski definition) is 10. The van der Waals surface area contributed by atoms with Gasteiger partial charge in [-0.25, -0.2) is 0 Å². The van der Waals surface area contributed by atoms with E-state index >= 15 is 0 Å². The summed E-state index contributed by atoms with van der Waals surface area (Å²) in [6, 6.07) is 0. The van der Waals surface area contributed by atoms with E-state index in [4.69, 9.17) is 5.11 Å². The Hall–Kier alpha value is -1.54. The number of carbonyl (C=O) groups is 3. The summed E-state index contributed by atoms with van der Waals surface area (Å²) >= 11 is 0. The van der Waals surface area contributed by atoms with E-state index < -0.39 is 11.9 Å². The van der Waals surface area contributed by atoms with Crippen LogP contribution in [0.1, 0.15) is 0 Å². The SMILES string of the molecule is C=CC(=O)NCCNCCNCC(=O)O.C=CC([O-])=NCCNCCNCC(=O)[O-].[Ca+2]. The first-order chi connectivity index (χ1) is 14.3. The zero-order valence-corrected chi connectivity index (χ0v) is 20.0. The van der Waals surface area contributed by atoms with Crippen LogP contribution in [0.2, 0.25) is 0 Å². The van der Waals surface area contributed by atoms with Crippen molar-refractivity contribution in [1.82, 2.24) is 26.6 Å². The van der Waals surface area contributed by atoms with Gasteiger partial charge in [0.2, 0.25) is 5.91 Å². The smallest absolute Gasteiger partial charge is 0.859 e. The van der Waals surface area contributed by atoms with Gasteiger partial charge in [-0.15, -0.1) is 0 Å². The van der Waals surface area contributed by atoms with Gasteiger partial charge in [-0.1, -0.05) is 19.2 Å². The predicted octanol–water partition coefficient (Wildman–Crippen LogP) is -4.97. The van der Waals surface area contributed by atoms with Crippen LogP contribution in [0.25, 0.3) is 0 Å². The Labute approximate surface area is 212 Å². The maximum atomic E-state index is 10.7. The minimum atomic E-state index is -1.12. The summed E-state index contributed by atoms with van der Waals surface area (Å²) in [5.74, 6) is -2.51. The number of nitrogens with one attached hydrogen (secondary N) is 5. The molecule has 6 N–H and O–H groups in total. The zero-order valence-electron chi connectivity index (χ0n) is 17.8. The molecule has 0 radical (unpaired) electrons. The number of amides is 1. The summed E-state index contributed by atoms with van der Waals surface area (Å²) in [4.78, 5) is 34.4. The predicted molar refractivity (Wildman–Crippen MR) is 116 cm³/mol. The van der Waals surface area contributed by atoms with Crippen LogP contribution in [0, 0.1) is 0 Å². The minimum Gasteiger partial charge on any atom is -0.859 e. The van der Waals surface area contributed by atoms with Gasteiger partial charge in [0.15, 0.2) is 0 Å². The molecule has 0 aliphatic carbocycles. The van der Waals surface area contributed by atoms with E-state index in [0.717, 1.165) is 6.08 Å². The summed E-state index contributed by atoms with van der Waals surface area (Å²) < 4.78 is 0. The maximum Gasteiger partial charge on any atom is 2.00 e. The number of carboxylic acid groups (broad SMARTS) is 2. The molecular formula is C18H32CaN6O6. The maximum absolute atomic E-state index is 10.7. The molecule has 0 aliphatic heterocycles. The van der Waals surface area contributed by atoms with Crippen LogP contribution in [0.15, 0.2) is 30.3 Å². The second kappa shape index (κ2) is 26.5. The van der Waals surface area contributed by atoms with Gasteiger partial charge in [0, 0.05) is 52.4 Å². The van der Waals surface area contributed by atoms with Crippen LogP contribution in [0.3, 0.4) is 0 Å². The summed E-state index contributed by atoms with van der Waals surface area (Å²) in [5.41, 5.74) is 0. The van der Waals surface area contributed by atoms with Crippen molar-refractivity contribution in [1.29, 1.82) is 0 Å². The molecule has 0 heterocycles. The van der Waals surface area contributed by atoms with Crippen molar-refractivity contribution >= 4 is 61.5 Å². The molecule has 0 bridgehead atoms. The van der Waals surface area contributed by atoms with Crippen LogP contribution >= 0.6 is 0 Å². The van der Waals surface area contributed by atoms with Crippen LogP contribution in [-0.2, 0) is 14.4 Å². The summed E-state index contributed by atoms with van der Waals surface area (Å²) in [6.07, 6.45) is 2.37. The van der Waals surface area contributed by atoms with Gasteiger partial charge in [0.25, 0.3) is 0 Å². The van der Waals surface area contributed by atoms with Crippen LogP contribution in [-0.4, -0.2) is 132 Å². The van der Waals surface area contributed by atoms with Crippen LogP contribution in [0.4, 0.5) is 0 Å². The van der Waals surface area contributed by atoms with E-state index in [1.807, 2.05) is 0 Å². The Morgan fingerprint density at radius 3 is 1.84 bits per heavy atom. The molecule has 0 saturated carbocycles. The third-order valence-corrected chi connectivity index (χ3v) is 3.02. The fourth-order valence-corrected chi connectivity index (χ4v) is 1.65. The standard InChI is InChI=1S/2C9H17N3O3.Ca/c2*1-2-8(13)12-6-5-10-3-4-11-7-9(14)15;/h2*2,10-11H,1,3-7H2,(H,12,13)(H,14,15);/q;;+2/p-2. The first kappa shape index (κ1) is 34.1. The van der Waals surface area contributed by atoms with Crippen molar-refractivity contribution in [2.24, 2.45) is 4.99 Å². The molecule has 0 aliphatic rings. The molecule has 1 amide bonds. The molecule has 0 spiro atoms. The number of aliphatic carboxylic acids is 2. The quantitative estimate of drug-likeness (QED) is 0.0373. The third kappa shape index (κ3) is 33.3. The van der Waals surface area contributed by atoms with E-state index in [9.17, 15) is 24.6 Å². The van der Waals surface area contributed by atoms with E-state index in [2.05, 4.69) is 44.7 Å². The first-order valence-electron chi connectivity index (χ1n) is 9.32. The van der Waals surface area contributed by atoms with Gasteiger partial charge in [0.05, 0.1) is 19.1 Å². The molecule has 31 heavy (non-hydrogen) atoms. The third-order valence-electron chi connectivity index (χ3n) is 3.02. The summed E-state index contributed by atoms with van der Waals surface area (Å²) in [7, 11) is 0. The van der Waals surface area contributed by atoms with Crippen molar-refractivity contribution in [2.45, 2.75) is 0 Å². The number of nitrogens with zero attached hydrogens (tertiary/aromatic N) is 1. The number of rotatable bonds is 18. The first-order valence-corrected chi connectivity index (χ1v) is 9.32. The molecule has 0 fully saturated rings. The van der Waals surface area contributed by atoms with E-state index in [1.54, 1.807) is 0 Å². The zero-order chi connectivity index (χ0) is 23.0. The fraction of sp³-hybridized carbons (Fsp3) is 0.556. The van der Waals surface area contributed by atoms with Crippen molar-refractivity contribution in [2.75, 3.05) is 65.4 Å². The van der Waals surface area contributed by atoms with Crippen LogP contribution in [0.5, 0.6) is 0 Å². The molecule has 12 nitrogen and oxygen atoms in total. The monoisotopic (exact) mass is 468 g/mol. The van der Waals surface area contributed by atoms with Crippen molar-refractivity contribution in [3.63, 3.8) is 0 Å². The summed E-state index contributed by atoms with van der Waals surface area (Å²) in [6.45, 7) is 11.0. The molecule has 0 unspecified atom stereocenters. The molecule has 0 atom stereocenters. The summed E-state index contributed by atoms with van der Waals surface area (Å²) in [5, 5.41) is 42.9. The van der Waals surface area contributed by atoms with Gasteiger partial charge >= 0.3 is 43.7 Å². The minimum absolute atomic E-state index is 0. The van der Waals surface area contributed by atoms with Gasteiger partial charge in [0.1, 0.15) is 0 Å². The van der Waals surface area contributed by atoms with E-state index in [0.29, 0.717) is 52.4 Å². The molecule has 0 aromatic rings. The second-order valence-electron chi connectivity index (χ2n) is 5.54. The largest absolute Gasteiger partial charge is 2.00 e. The van der Waals surface area contributed by atoms with Crippen LogP contribution < -0.4 is 36.8 Å². The Morgan fingerprint density at radius 2 is 1.32 bits per heavy atom. The Balaban J connectivity index is -0.000000490. The van der Waals surface area contributed by atoms with Gasteiger partial charge < -0.3 is 46.7 Å². The molecule has 172 valence electrons. The molecule has 13 heteroatoms. The normalized spacial score (nSPS) is 10.1. The van der Waals surface area contributed by atoms with Crippen molar-refractivity contribution < 1.29 is 29.7 Å². The van der Waals surface area contributed by atoms with Crippen molar-refractivity contribution in [3.8, 4) is 0 Å². The Kier molecular flexibility index (Phi) is 29.1. The Morgan fingerprint density at radius 1 is 0.806 bits per heavy atom. The molecule has 0 aromatic heterocycles. The number of aliphatic imine (C=N–C) groups is 1. The molecule has 0 rings (SSSR count). The molecule has 0 aromatic carbocycles. The number of hydrogen-bond donors (Lipinski definition) is 6.